The summed E-state index contributed by atoms with van der Waals surface area (Å²) in [6.45, 7) is 1.37. The number of carboxylic acids is 1. The fourth-order valence-electron chi connectivity index (χ4n) is 2.02. The standard InChI is InChI=1S/C10H13N3O2/c14-10(15)9-5-11-2-1-8(9)7-3-12-6-13-4-7/h3-4,6,8-9,11H,1-2,5H2,(H,14,15). The molecule has 5 nitrogen and oxygen atoms in total. The zero-order chi connectivity index (χ0) is 10.7. The number of aliphatic carboxylic acids is 1. The lowest BCUT2D eigenvalue weighted by molar-refractivity contribution is -0.142. The first kappa shape index (κ1) is 10.0. The molecule has 0 saturated carbocycles. The molecule has 0 aromatic carbocycles. The van der Waals surface area contributed by atoms with E-state index in [0.717, 1.165) is 18.5 Å². The first-order chi connectivity index (χ1) is 7.29. The Labute approximate surface area is 87.6 Å². The van der Waals surface area contributed by atoms with Crippen molar-refractivity contribution in [3.63, 3.8) is 0 Å². The molecule has 15 heavy (non-hydrogen) atoms. The van der Waals surface area contributed by atoms with Crippen molar-refractivity contribution < 1.29 is 9.90 Å². The van der Waals surface area contributed by atoms with Gasteiger partial charge in [-0.1, -0.05) is 0 Å². The topological polar surface area (TPSA) is 75.1 Å². The van der Waals surface area contributed by atoms with Gasteiger partial charge in [-0.3, -0.25) is 4.79 Å². The lowest BCUT2D eigenvalue weighted by Gasteiger charge is -2.28. The van der Waals surface area contributed by atoms with Gasteiger partial charge in [-0.25, -0.2) is 9.97 Å². The average molecular weight is 207 g/mol. The average Bonchev–Trinajstić information content (AvgIpc) is 2.30. The number of rotatable bonds is 2. The van der Waals surface area contributed by atoms with Crippen LogP contribution in [0.1, 0.15) is 17.9 Å². The van der Waals surface area contributed by atoms with Crippen LogP contribution in [0.2, 0.25) is 0 Å². The molecular formula is C10H13N3O2. The first-order valence-corrected chi connectivity index (χ1v) is 4.97. The van der Waals surface area contributed by atoms with Crippen LogP contribution in [0.3, 0.4) is 0 Å². The summed E-state index contributed by atoms with van der Waals surface area (Å²) in [7, 11) is 0. The smallest absolute Gasteiger partial charge is 0.308 e. The molecule has 0 spiro atoms. The number of aromatic nitrogens is 2. The number of nitrogens with zero attached hydrogens (tertiary/aromatic N) is 2. The summed E-state index contributed by atoms with van der Waals surface area (Å²) >= 11 is 0. The Morgan fingerprint density at radius 3 is 2.87 bits per heavy atom. The molecule has 1 fully saturated rings. The van der Waals surface area contributed by atoms with Gasteiger partial charge >= 0.3 is 5.97 Å². The maximum absolute atomic E-state index is 11.1. The van der Waals surface area contributed by atoms with Crippen LogP contribution in [0.25, 0.3) is 0 Å². The third-order valence-corrected chi connectivity index (χ3v) is 2.81. The van der Waals surface area contributed by atoms with Gasteiger partial charge in [0.2, 0.25) is 0 Å². The van der Waals surface area contributed by atoms with Crippen molar-refractivity contribution in [3.8, 4) is 0 Å². The third-order valence-electron chi connectivity index (χ3n) is 2.81. The largest absolute Gasteiger partial charge is 0.481 e. The Morgan fingerprint density at radius 2 is 2.20 bits per heavy atom. The summed E-state index contributed by atoms with van der Waals surface area (Å²) < 4.78 is 0. The highest BCUT2D eigenvalue weighted by Gasteiger charge is 2.31. The van der Waals surface area contributed by atoms with Gasteiger partial charge in [0.15, 0.2) is 0 Å². The van der Waals surface area contributed by atoms with Crippen molar-refractivity contribution in [3.05, 3.63) is 24.3 Å². The van der Waals surface area contributed by atoms with Gasteiger partial charge in [0.1, 0.15) is 6.33 Å². The summed E-state index contributed by atoms with van der Waals surface area (Å²) in [6, 6.07) is 0. The van der Waals surface area contributed by atoms with Crippen LogP contribution in [0.15, 0.2) is 18.7 Å². The molecule has 0 aliphatic carbocycles. The van der Waals surface area contributed by atoms with Crippen molar-refractivity contribution in [1.29, 1.82) is 0 Å². The molecule has 0 radical (unpaired) electrons. The Bertz CT molecular complexity index is 342. The summed E-state index contributed by atoms with van der Waals surface area (Å²) in [5.41, 5.74) is 0.923. The monoisotopic (exact) mass is 207 g/mol. The van der Waals surface area contributed by atoms with E-state index in [0.29, 0.717) is 6.54 Å². The summed E-state index contributed by atoms with van der Waals surface area (Å²) in [5, 5.41) is 12.2. The Hall–Kier alpha value is -1.49. The van der Waals surface area contributed by atoms with Crippen molar-refractivity contribution in [1.82, 2.24) is 15.3 Å². The van der Waals surface area contributed by atoms with Crippen LogP contribution in [0.4, 0.5) is 0 Å². The van der Waals surface area contributed by atoms with E-state index in [4.69, 9.17) is 5.11 Å². The number of piperidine rings is 1. The van der Waals surface area contributed by atoms with E-state index in [-0.39, 0.29) is 11.8 Å². The molecule has 5 heteroatoms. The normalized spacial score (nSPS) is 26.1. The van der Waals surface area contributed by atoms with E-state index in [2.05, 4.69) is 15.3 Å². The zero-order valence-corrected chi connectivity index (χ0v) is 8.26. The van der Waals surface area contributed by atoms with Gasteiger partial charge in [0, 0.05) is 24.9 Å². The molecule has 2 heterocycles. The maximum atomic E-state index is 11.1. The SMILES string of the molecule is O=C(O)C1CNCCC1c1cncnc1. The Balaban J connectivity index is 2.22. The van der Waals surface area contributed by atoms with Crippen molar-refractivity contribution in [2.75, 3.05) is 13.1 Å². The fourth-order valence-corrected chi connectivity index (χ4v) is 2.02. The predicted octanol–water partition coefficient (Wildman–Crippen LogP) is 0.254. The van der Waals surface area contributed by atoms with Crippen LogP contribution >= 0.6 is 0 Å². The lowest BCUT2D eigenvalue weighted by Crippen LogP contribution is -2.39. The molecular weight excluding hydrogens is 194 g/mol. The second-order valence-corrected chi connectivity index (χ2v) is 3.72. The Kier molecular flexibility index (Phi) is 2.91. The van der Waals surface area contributed by atoms with E-state index in [1.807, 2.05) is 0 Å². The molecule has 2 N–H and O–H groups in total. The second kappa shape index (κ2) is 4.35. The molecule has 1 aliphatic heterocycles. The van der Waals surface area contributed by atoms with Crippen LogP contribution in [-0.4, -0.2) is 34.1 Å². The predicted molar refractivity (Wildman–Crippen MR) is 53.4 cm³/mol. The first-order valence-electron chi connectivity index (χ1n) is 4.97. The van der Waals surface area contributed by atoms with Gasteiger partial charge in [0.05, 0.1) is 5.92 Å². The number of nitrogens with one attached hydrogen (secondary N) is 1. The van der Waals surface area contributed by atoms with Crippen LogP contribution in [-0.2, 0) is 4.79 Å². The minimum absolute atomic E-state index is 0.0324. The molecule has 1 aromatic heterocycles. The molecule has 1 saturated heterocycles. The highest BCUT2D eigenvalue weighted by Crippen LogP contribution is 2.29. The van der Waals surface area contributed by atoms with Crippen molar-refractivity contribution >= 4 is 5.97 Å². The minimum atomic E-state index is -0.754. The number of carbonyl (C=O) groups is 1. The molecule has 1 aromatic rings. The van der Waals surface area contributed by atoms with Gasteiger partial charge < -0.3 is 10.4 Å². The number of carboxylic acid groups (broad SMARTS) is 1. The fraction of sp³-hybridized carbons (Fsp3) is 0.500. The minimum Gasteiger partial charge on any atom is -0.481 e. The van der Waals surface area contributed by atoms with Crippen LogP contribution in [0.5, 0.6) is 0 Å². The highest BCUT2D eigenvalue weighted by atomic mass is 16.4. The molecule has 2 rings (SSSR count). The number of hydrogen-bond donors (Lipinski definition) is 2. The summed E-state index contributed by atoms with van der Waals surface area (Å²) in [5.74, 6) is -1.09. The number of hydrogen-bond acceptors (Lipinski definition) is 4. The summed E-state index contributed by atoms with van der Waals surface area (Å²) in [6.07, 6.45) is 5.70. The molecule has 2 unspecified atom stereocenters. The molecule has 1 aliphatic rings. The van der Waals surface area contributed by atoms with Gasteiger partial charge in [-0.15, -0.1) is 0 Å². The van der Waals surface area contributed by atoms with E-state index >= 15 is 0 Å². The zero-order valence-electron chi connectivity index (χ0n) is 8.26. The molecule has 0 bridgehead atoms. The van der Waals surface area contributed by atoms with Gasteiger partial charge in [-0.05, 0) is 18.5 Å². The summed E-state index contributed by atoms with van der Waals surface area (Å²) in [4.78, 5) is 18.9. The van der Waals surface area contributed by atoms with Crippen LogP contribution < -0.4 is 5.32 Å². The second-order valence-electron chi connectivity index (χ2n) is 3.72. The third kappa shape index (κ3) is 2.12. The van der Waals surface area contributed by atoms with Gasteiger partial charge in [-0.2, -0.15) is 0 Å². The quantitative estimate of drug-likeness (QED) is 0.727. The maximum Gasteiger partial charge on any atom is 0.308 e. The molecule has 0 amide bonds. The Morgan fingerprint density at radius 1 is 1.47 bits per heavy atom. The molecule has 80 valence electrons. The van der Waals surface area contributed by atoms with E-state index < -0.39 is 5.97 Å². The molecule has 2 atom stereocenters. The van der Waals surface area contributed by atoms with Gasteiger partial charge in [0.25, 0.3) is 0 Å². The highest BCUT2D eigenvalue weighted by molar-refractivity contribution is 5.71. The van der Waals surface area contributed by atoms with Crippen molar-refractivity contribution in [2.24, 2.45) is 5.92 Å². The van der Waals surface area contributed by atoms with E-state index in [1.165, 1.54) is 6.33 Å². The van der Waals surface area contributed by atoms with E-state index in [9.17, 15) is 4.79 Å². The lowest BCUT2D eigenvalue weighted by atomic mass is 9.82. The van der Waals surface area contributed by atoms with Crippen LogP contribution in [0, 0.1) is 5.92 Å². The van der Waals surface area contributed by atoms with Crippen molar-refractivity contribution in [2.45, 2.75) is 12.3 Å². The van der Waals surface area contributed by atoms with E-state index in [1.54, 1.807) is 12.4 Å².